The second kappa shape index (κ2) is 9.74. The van der Waals surface area contributed by atoms with Crippen LogP contribution in [-0.4, -0.2) is 69.0 Å². The molecule has 8 rings (SSSR count). The Morgan fingerprint density at radius 2 is 1.83 bits per heavy atom. The molecule has 2 aliphatic carbocycles. The number of tetrazole rings is 1. The Morgan fingerprint density at radius 3 is 2.67 bits per heavy atom. The maximum atomic E-state index is 13.6. The van der Waals surface area contributed by atoms with Gasteiger partial charge >= 0.3 is 0 Å². The number of Topliss-reactive ketones (excluding diaryl/α,β-unsaturated/α-hetero) is 1. The SMILES string of the molecule is CN1CC[C@]23c4c5ccc(On6nnc(-c7ccccc7)n6)c4O[C@H]2C(=O)CC[C@@]3(OCCCc2ccccc2)C1C5. The second-order valence-electron chi connectivity index (χ2n) is 12.0. The standard InChI is InChI=1S/C33H33N5O4/c1-37-19-18-32-28-24-14-15-26(42-38-35-31(34-36-38)23-12-6-3-7-13-23)29(28)41-30(32)25(39)16-17-33(32,27(37)21-24)40-20-8-11-22-9-4-2-5-10-22/h2-7,9-10,12-15,27,30H,8,11,16-21H2,1H3/t27?,30-,32-,33+/m0/s1. The topological polar surface area (TPSA) is 91.6 Å². The van der Waals surface area contributed by atoms with E-state index in [0.717, 1.165) is 48.3 Å². The minimum absolute atomic E-state index is 0.141. The number of aromatic nitrogens is 4. The molecule has 9 nitrogen and oxygen atoms in total. The van der Waals surface area contributed by atoms with Crippen molar-refractivity contribution < 1.29 is 19.1 Å². The monoisotopic (exact) mass is 563 g/mol. The number of hydrogen-bond acceptors (Lipinski definition) is 8. The molecule has 1 spiro atoms. The van der Waals surface area contributed by atoms with Gasteiger partial charge in [0.05, 0.1) is 11.0 Å². The quantitative estimate of drug-likeness (QED) is 0.295. The lowest BCUT2D eigenvalue weighted by Crippen LogP contribution is -2.77. The highest BCUT2D eigenvalue weighted by molar-refractivity contribution is 5.90. The van der Waals surface area contributed by atoms with E-state index in [4.69, 9.17) is 14.3 Å². The highest BCUT2D eigenvalue weighted by Gasteiger charge is 2.74. The molecule has 1 unspecified atom stereocenters. The molecule has 0 amide bonds. The van der Waals surface area contributed by atoms with Crippen molar-refractivity contribution in [3.05, 3.63) is 89.5 Å². The van der Waals surface area contributed by atoms with Crippen LogP contribution in [0.15, 0.2) is 72.8 Å². The van der Waals surface area contributed by atoms with Gasteiger partial charge in [-0.2, -0.15) is 0 Å². The summed E-state index contributed by atoms with van der Waals surface area (Å²) in [5.74, 6) is 1.71. The van der Waals surface area contributed by atoms with Gasteiger partial charge < -0.3 is 19.2 Å². The number of nitrogens with zero attached hydrogens (tertiary/aromatic N) is 5. The van der Waals surface area contributed by atoms with Crippen molar-refractivity contribution in [2.45, 2.75) is 61.7 Å². The van der Waals surface area contributed by atoms with Crippen LogP contribution in [0.25, 0.3) is 11.4 Å². The number of hydrogen-bond donors (Lipinski definition) is 0. The number of carbonyl (C=O) groups is 1. The summed E-state index contributed by atoms with van der Waals surface area (Å²) in [5.41, 5.74) is 3.36. The molecule has 0 radical (unpaired) electrons. The molecule has 214 valence electrons. The number of ether oxygens (including phenoxy) is 2. The van der Waals surface area contributed by atoms with Crippen molar-refractivity contribution in [1.29, 1.82) is 0 Å². The van der Waals surface area contributed by atoms with Crippen LogP contribution in [0.3, 0.4) is 0 Å². The van der Waals surface area contributed by atoms with Gasteiger partial charge in [0, 0.05) is 35.2 Å². The first-order valence-electron chi connectivity index (χ1n) is 14.9. The molecule has 4 aromatic rings. The molecule has 3 heterocycles. The Balaban J connectivity index is 1.15. The normalized spacial score (nSPS) is 27.4. The van der Waals surface area contributed by atoms with Crippen molar-refractivity contribution in [2.24, 2.45) is 0 Å². The molecule has 2 aliphatic heterocycles. The summed E-state index contributed by atoms with van der Waals surface area (Å²) in [6, 6.07) is 24.4. The first kappa shape index (κ1) is 25.6. The first-order valence-corrected chi connectivity index (χ1v) is 14.9. The zero-order valence-corrected chi connectivity index (χ0v) is 23.6. The van der Waals surface area contributed by atoms with E-state index >= 15 is 0 Å². The Bertz CT molecular complexity index is 1640. The number of likely N-dealkylation sites (N-methyl/N-ethyl adjacent to an activating group) is 1. The van der Waals surface area contributed by atoms with Crippen molar-refractivity contribution in [1.82, 2.24) is 25.3 Å². The van der Waals surface area contributed by atoms with E-state index < -0.39 is 17.1 Å². The molecule has 1 saturated heterocycles. The van der Waals surface area contributed by atoms with Gasteiger partial charge in [0.15, 0.2) is 17.6 Å². The molecule has 1 aromatic heterocycles. The van der Waals surface area contributed by atoms with Crippen LogP contribution in [0.4, 0.5) is 0 Å². The third-order valence-corrected chi connectivity index (χ3v) is 9.89. The summed E-state index contributed by atoms with van der Waals surface area (Å²) in [4.78, 5) is 23.3. The van der Waals surface area contributed by atoms with Crippen molar-refractivity contribution >= 4 is 5.78 Å². The van der Waals surface area contributed by atoms with Crippen LogP contribution < -0.4 is 9.57 Å². The summed E-state index contributed by atoms with van der Waals surface area (Å²) in [6.07, 6.45) is 4.04. The number of carbonyl (C=O) groups excluding carboxylic acids is 1. The summed E-state index contributed by atoms with van der Waals surface area (Å²) in [5, 5.41) is 12.7. The Labute approximate surface area is 244 Å². The fourth-order valence-electron chi connectivity index (χ4n) is 8.07. The van der Waals surface area contributed by atoms with Crippen LogP contribution >= 0.6 is 0 Å². The number of aryl methyl sites for hydroxylation is 1. The lowest BCUT2D eigenvalue weighted by molar-refractivity contribution is -0.210. The van der Waals surface area contributed by atoms with E-state index in [1.54, 1.807) is 0 Å². The molecule has 2 fully saturated rings. The van der Waals surface area contributed by atoms with Crippen molar-refractivity contribution in [3.8, 4) is 22.9 Å². The third kappa shape index (κ3) is 3.69. The molecule has 4 atom stereocenters. The predicted molar refractivity (Wildman–Crippen MR) is 154 cm³/mol. The van der Waals surface area contributed by atoms with E-state index in [2.05, 4.69) is 57.7 Å². The molecule has 42 heavy (non-hydrogen) atoms. The van der Waals surface area contributed by atoms with Crippen LogP contribution in [0.2, 0.25) is 0 Å². The van der Waals surface area contributed by atoms with Gasteiger partial charge in [0.1, 0.15) is 0 Å². The molecule has 4 aliphatic rings. The van der Waals surface area contributed by atoms with E-state index in [1.165, 1.54) is 11.1 Å². The molecule has 3 aromatic carbocycles. The zero-order chi connectivity index (χ0) is 28.3. The second-order valence-corrected chi connectivity index (χ2v) is 12.0. The van der Waals surface area contributed by atoms with E-state index in [9.17, 15) is 4.79 Å². The number of likely N-dealkylation sites (tertiary alicyclic amines) is 1. The lowest BCUT2D eigenvalue weighted by Gasteiger charge is -2.64. The lowest BCUT2D eigenvalue weighted by atomic mass is 9.49. The van der Waals surface area contributed by atoms with Crippen molar-refractivity contribution in [2.75, 3.05) is 20.2 Å². The fraction of sp³-hybridized carbons (Fsp3) is 0.394. The average molecular weight is 564 g/mol. The highest BCUT2D eigenvalue weighted by atomic mass is 16.7. The van der Waals surface area contributed by atoms with Gasteiger partial charge in [0.25, 0.3) is 0 Å². The van der Waals surface area contributed by atoms with Crippen LogP contribution in [-0.2, 0) is 27.8 Å². The minimum Gasteiger partial charge on any atom is -0.477 e. The van der Waals surface area contributed by atoms with E-state index in [1.807, 2.05) is 42.5 Å². The Hall–Kier alpha value is -4.08. The number of ketones is 1. The van der Waals surface area contributed by atoms with Gasteiger partial charge in [-0.25, -0.2) is 0 Å². The Kier molecular flexibility index (Phi) is 5.94. The third-order valence-electron chi connectivity index (χ3n) is 9.89. The molecule has 1 saturated carbocycles. The highest BCUT2D eigenvalue weighted by Crippen LogP contribution is 2.66. The van der Waals surface area contributed by atoms with Crippen LogP contribution in [0.5, 0.6) is 11.5 Å². The summed E-state index contributed by atoms with van der Waals surface area (Å²) >= 11 is 0. The molecular formula is C33H33N5O4. The molecular weight excluding hydrogens is 530 g/mol. The smallest absolute Gasteiger partial charge is 0.208 e. The van der Waals surface area contributed by atoms with Crippen LogP contribution in [0.1, 0.15) is 42.4 Å². The predicted octanol–water partition coefficient (Wildman–Crippen LogP) is 4.19. The number of piperidine rings is 1. The molecule has 9 heteroatoms. The van der Waals surface area contributed by atoms with Crippen LogP contribution in [0, 0.1) is 0 Å². The zero-order valence-electron chi connectivity index (χ0n) is 23.6. The van der Waals surface area contributed by atoms with Gasteiger partial charge in [-0.3, -0.25) is 4.79 Å². The summed E-state index contributed by atoms with van der Waals surface area (Å²) < 4.78 is 13.7. The van der Waals surface area contributed by atoms with Gasteiger partial charge in [-0.1, -0.05) is 71.8 Å². The number of rotatable bonds is 8. The minimum atomic E-state index is -0.598. The molecule has 0 N–H and O–H groups in total. The van der Waals surface area contributed by atoms with Gasteiger partial charge in [-0.05, 0) is 68.1 Å². The maximum absolute atomic E-state index is 13.6. The summed E-state index contributed by atoms with van der Waals surface area (Å²) in [6.45, 7) is 1.51. The van der Waals surface area contributed by atoms with Gasteiger partial charge in [-0.15, -0.1) is 5.10 Å². The Morgan fingerprint density at radius 1 is 1.02 bits per heavy atom. The maximum Gasteiger partial charge on any atom is 0.208 e. The average Bonchev–Trinajstić information content (AvgIpc) is 3.64. The fourth-order valence-corrected chi connectivity index (χ4v) is 8.07. The largest absolute Gasteiger partial charge is 0.477 e. The number of benzene rings is 3. The van der Waals surface area contributed by atoms with E-state index in [-0.39, 0.29) is 11.8 Å². The summed E-state index contributed by atoms with van der Waals surface area (Å²) in [7, 11) is 2.19. The van der Waals surface area contributed by atoms with E-state index in [0.29, 0.717) is 36.8 Å². The molecule has 2 bridgehead atoms. The van der Waals surface area contributed by atoms with Crippen molar-refractivity contribution in [3.63, 3.8) is 0 Å². The first-order chi connectivity index (χ1) is 20.6. The van der Waals surface area contributed by atoms with Gasteiger partial charge in [0.2, 0.25) is 11.6 Å².